The molecular weight excluding hydrogens is 332 g/mol. The first-order valence-electron chi connectivity index (χ1n) is 8.08. The summed E-state index contributed by atoms with van der Waals surface area (Å²) in [6, 6.07) is 7.41. The van der Waals surface area contributed by atoms with Crippen molar-refractivity contribution < 1.29 is 9.53 Å². The lowest BCUT2D eigenvalue weighted by Crippen LogP contribution is -2.16. The van der Waals surface area contributed by atoms with Crippen LogP contribution in [0.15, 0.2) is 41.5 Å². The number of aromatic nitrogens is 4. The number of rotatable bonds is 4. The molecule has 0 aliphatic rings. The van der Waals surface area contributed by atoms with E-state index >= 15 is 0 Å². The molecule has 7 nitrogen and oxygen atoms in total. The van der Waals surface area contributed by atoms with Crippen LogP contribution in [0.4, 0.5) is 0 Å². The third-order valence-electron chi connectivity index (χ3n) is 4.35. The van der Waals surface area contributed by atoms with E-state index in [-0.39, 0.29) is 23.6 Å². The van der Waals surface area contributed by atoms with Crippen LogP contribution in [0.2, 0.25) is 0 Å². The molecule has 26 heavy (non-hydrogen) atoms. The number of pyridine rings is 1. The molecule has 3 aromatic heterocycles. The third-order valence-corrected chi connectivity index (χ3v) is 4.35. The average molecular weight is 348 g/mol. The number of nitrogens with zero attached hydrogens (tertiary/aromatic N) is 2. The van der Waals surface area contributed by atoms with Crippen LogP contribution in [-0.2, 0) is 11.3 Å². The highest BCUT2D eigenvalue weighted by Crippen LogP contribution is 2.26. The summed E-state index contributed by atoms with van der Waals surface area (Å²) >= 11 is 0. The van der Waals surface area contributed by atoms with Crippen LogP contribution in [-0.4, -0.2) is 32.8 Å². The summed E-state index contributed by atoms with van der Waals surface area (Å²) in [6.45, 7) is 1.98. The Morgan fingerprint density at radius 2 is 2.04 bits per heavy atom. The number of fused-ring (bicyclic) bond motifs is 3. The van der Waals surface area contributed by atoms with Gasteiger partial charge in [-0.1, -0.05) is 24.3 Å². The van der Waals surface area contributed by atoms with Crippen LogP contribution in [0.1, 0.15) is 27.2 Å². The van der Waals surface area contributed by atoms with Crippen LogP contribution in [0.25, 0.3) is 22.1 Å². The van der Waals surface area contributed by atoms with Gasteiger partial charge in [0.05, 0.1) is 29.3 Å². The van der Waals surface area contributed by atoms with E-state index < -0.39 is 0 Å². The highest BCUT2D eigenvalue weighted by Gasteiger charge is 2.20. The summed E-state index contributed by atoms with van der Waals surface area (Å²) < 4.78 is 5.04. The molecule has 0 amide bonds. The zero-order valence-electron chi connectivity index (χ0n) is 14.3. The topological polar surface area (TPSA) is 101 Å². The number of aromatic amines is 2. The molecule has 130 valence electrons. The number of nitrogens with one attached hydrogen (secondary N) is 2. The van der Waals surface area contributed by atoms with Crippen LogP contribution < -0.4 is 5.56 Å². The van der Waals surface area contributed by atoms with E-state index in [0.717, 1.165) is 5.56 Å². The van der Waals surface area contributed by atoms with Gasteiger partial charge in [-0.05, 0) is 12.5 Å². The Balaban J connectivity index is 2.01. The van der Waals surface area contributed by atoms with E-state index in [1.807, 2.05) is 25.1 Å². The molecular formula is C19H16N4O3. The molecule has 0 aliphatic carbocycles. The van der Waals surface area contributed by atoms with Crippen LogP contribution in [0.5, 0.6) is 0 Å². The van der Waals surface area contributed by atoms with Gasteiger partial charge >= 0.3 is 0 Å². The summed E-state index contributed by atoms with van der Waals surface area (Å²) in [5.41, 5.74) is 3.42. The Morgan fingerprint density at radius 3 is 2.81 bits per heavy atom. The number of H-pyrrole nitrogens is 2. The molecule has 0 unspecified atom stereocenters. The van der Waals surface area contributed by atoms with Gasteiger partial charge in [-0.2, -0.15) is 0 Å². The second kappa shape index (κ2) is 6.20. The second-order valence-corrected chi connectivity index (χ2v) is 6.04. The minimum Gasteiger partial charge on any atom is -0.378 e. The van der Waals surface area contributed by atoms with Crippen molar-refractivity contribution in [1.29, 1.82) is 0 Å². The van der Waals surface area contributed by atoms with Crippen LogP contribution in [0, 0.1) is 6.92 Å². The summed E-state index contributed by atoms with van der Waals surface area (Å²) in [5, 5.41) is 0.587. The molecule has 0 fully saturated rings. The van der Waals surface area contributed by atoms with E-state index in [9.17, 15) is 9.59 Å². The van der Waals surface area contributed by atoms with Gasteiger partial charge in [0.1, 0.15) is 16.9 Å². The first-order chi connectivity index (χ1) is 12.6. The third kappa shape index (κ3) is 2.49. The number of hydrogen-bond acceptors (Lipinski definition) is 5. The van der Waals surface area contributed by atoms with Gasteiger partial charge in [0.25, 0.3) is 5.56 Å². The van der Waals surface area contributed by atoms with Crippen molar-refractivity contribution in [3.8, 4) is 0 Å². The van der Waals surface area contributed by atoms with E-state index in [1.54, 1.807) is 12.3 Å². The zero-order chi connectivity index (χ0) is 18.3. The van der Waals surface area contributed by atoms with Crippen LogP contribution >= 0.6 is 0 Å². The van der Waals surface area contributed by atoms with Crippen LogP contribution in [0.3, 0.4) is 0 Å². The van der Waals surface area contributed by atoms with Gasteiger partial charge in [-0.25, -0.2) is 9.97 Å². The van der Waals surface area contributed by atoms with E-state index in [0.29, 0.717) is 33.2 Å². The van der Waals surface area contributed by atoms with Crippen molar-refractivity contribution in [2.24, 2.45) is 0 Å². The molecule has 3 heterocycles. The summed E-state index contributed by atoms with van der Waals surface area (Å²) in [4.78, 5) is 39.7. The lowest BCUT2D eigenvalue weighted by atomic mass is 9.99. The maximum Gasteiger partial charge on any atom is 0.272 e. The number of methoxy groups -OCH3 is 1. The minimum absolute atomic E-state index is 0.0839. The number of carbonyl (C=O) groups is 1. The van der Waals surface area contributed by atoms with Gasteiger partial charge in [-0.15, -0.1) is 0 Å². The molecule has 0 saturated heterocycles. The highest BCUT2D eigenvalue weighted by molar-refractivity contribution is 6.21. The molecule has 0 saturated carbocycles. The molecule has 1 aromatic carbocycles. The van der Waals surface area contributed by atoms with Crippen molar-refractivity contribution in [3.63, 3.8) is 0 Å². The first-order valence-corrected chi connectivity index (χ1v) is 8.08. The largest absolute Gasteiger partial charge is 0.378 e. The number of aryl methyl sites for hydroxylation is 1. The van der Waals surface area contributed by atoms with Crippen molar-refractivity contribution in [2.75, 3.05) is 7.11 Å². The van der Waals surface area contributed by atoms with E-state index in [2.05, 4.69) is 19.9 Å². The molecule has 4 aromatic rings. The quantitative estimate of drug-likeness (QED) is 0.552. The molecule has 0 radical (unpaired) electrons. The van der Waals surface area contributed by atoms with Crippen molar-refractivity contribution >= 4 is 27.9 Å². The van der Waals surface area contributed by atoms with Gasteiger partial charge in [0.2, 0.25) is 0 Å². The fraction of sp³-hybridized carbons (Fsp3) is 0.158. The molecule has 4 rings (SSSR count). The van der Waals surface area contributed by atoms with Crippen molar-refractivity contribution in [1.82, 2.24) is 19.9 Å². The first kappa shape index (κ1) is 16.2. The highest BCUT2D eigenvalue weighted by atomic mass is 16.5. The van der Waals surface area contributed by atoms with E-state index in [1.165, 1.54) is 13.3 Å². The number of carbonyl (C=O) groups excluding carboxylic acids is 1. The molecule has 0 spiro atoms. The SMILES string of the molecule is COCc1nc2c(cnc3[nH]cc(C(=O)c4ccccc4C)c32)[nH]c1=O. The molecule has 7 heteroatoms. The Bertz CT molecular complexity index is 1210. The van der Waals surface area contributed by atoms with Gasteiger partial charge in [-0.3, -0.25) is 9.59 Å². The summed E-state index contributed by atoms with van der Waals surface area (Å²) in [7, 11) is 1.50. The van der Waals surface area contributed by atoms with Gasteiger partial charge in [0, 0.05) is 18.9 Å². The number of ether oxygens (including phenoxy) is 1. The maximum atomic E-state index is 13.1. The number of ketones is 1. The van der Waals surface area contributed by atoms with Crippen molar-refractivity contribution in [3.05, 3.63) is 69.4 Å². The summed E-state index contributed by atoms with van der Waals surface area (Å²) in [6.07, 6.45) is 3.16. The molecule has 0 atom stereocenters. The molecule has 0 bridgehead atoms. The molecule has 2 N–H and O–H groups in total. The van der Waals surface area contributed by atoms with Crippen molar-refractivity contribution in [2.45, 2.75) is 13.5 Å². The van der Waals surface area contributed by atoms with E-state index in [4.69, 9.17) is 4.74 Å². The lowest BCUT2D eigenvalue weighted by Gasteiger charge is -2.06. The smallest absolute Gasteiger partial charge is 0.272 e. The van der Waals surface area contributed by atoms with Gasteiger partial charge in [0.15, 0.2) is 5.78 Å². The Morgan fingerprint density at radius 1 is 1.23 bits per heavy atom. The Kier molecular flexibility index (Phi) is 3.85. The predicted octanol–water partition coefficient (Wildman–Crippen LogP) is 2.49. The lowest BCUT2D eigenvalue weighted by molar-refractivity contribution is 0.104. The monoisotopic (exact) mass is 348 g/mol. The predicted molar refractivity (Wildman–Crippen MR) is 97.3 cm³/mol. The number of benzene rings is 1. The molecule has 0 aliphatic heterocycles. The average Bonchev–Trinajstić information content (AvgIpc) is 3.07. The fourth-order valence-corrected chi connectivity index (χ4v) is 3.05. The number of hydrogen-bond donors (Lipinski definition) is 2. The van der Waals surface area contributed by atoms with Gasteiger partial charge < -0.3 is 14.7 Å². The second-order valence-electron chi connectivity index (χ2n) is 6.04. The Labute approximate surface area is 148 Å². The Hall–Kier alpha value is -3.32. The maximum absolute atomic E-state index is 13.1. The normalized spacial score (nSPS) is 11.3. The standard InChI is InChI=1S/C19H16N4O3/c1-10-5-3-4-6-11(10)17(24)12-7-20-18-15(12)16-13(8-21-18)23-19(25)14(22-16)9-26-2/h3-8H,9H2,1-2H3,(H,20,21)(H,23,25). The zero-order valence-corrected chi connectivity index (χ0v) is 14.3. The fourth-order valence-electron chi connectivity index (χ4n) is 3.05. The minimum atomic E-state index is -0.331. The summed E-state index contributed by atoms with van der Waals surface area (Å²) in [5.74, 6) is -0.120.